The van der Waals surface area contributed by atoms with Crippen molar-refractivity contribution < 1.29 is 4.79 Å². The smallest absolute Gasteiger partial charge is 0.173 e. The summed E-state index contributed by atoms with van der Waals surface area (Å²) in [5, 5.41) is 11.2. The van der Waals surface area contributed by atoms with Crippen LogP contribution in [0.3, 0.4) is 0 Å². The molecule has 6 nitrogen and oxygen atoms in total. The summed E-state index contributed by atoms with van der Waals surface area (Å²) in [6.07, 6.45) is 7.83. The SMILES string of the molecule is CC(=O)C(C)=Nc1ncc(NCC2=CC(=N)C=CC(C)(N)C2)cc1C. The Bertz CT molecular complexity index is 787. The minimum atomic E-state index is -0.451. The lowest BCUT2D eigenvalue weighted by Crippen LogP contribution is -2.34. The molecule has 0 fully saturated rings. The van der Waals surface area contributed by atoms with Crippen LogP contribution in [-0.4, -0.2) is 34.3 Å². The number of rotatable bonds is 5. The molecule has 2 rings (SSSR count). The second-order valence-corrected chi connectivity index (χ2v) is 6.75. The lowest BCUT2D eigenvalue weighted by atomic mass is 9.95. The van der Waals surface area contributed by atoms with E-state index in [0.717, 1.165) is 16.8 Å². The molecule has 0 aliphatic heterocycles. The third kappa shape index (κ3) is 5.46. The number of hydrogen-bond donors (Lipinski definition) is 3. The lowest BCUT2D eigenvalue weighted by Gasteiger charge is -2.21. The fourth-order valence-electron chi connectivity index (χ4n) is 2.50. The first-order valence-corrected chi connectivity index (χ1v) is 8.19. The van der Waals surface area contributed by atoms with E-state index in [2.05, 4.69) is 15.3 Å². The molecule has 4 N–H and O–H groups in total. The Balaban J connectivity index is 2.09. The van der Waals surface area contributed by atoms with Crippen LogP contribution < -0.4 is 11.1 Å². The van der Waals surface area contributed by atoms with E-state index in [-0.39, 0.29) is 5.78 Å². The summed E-state index contributed by atoms with van der Waals surface area (Å²) in [5.41, 5.74) is 9.45. The molecule has 132 valence electrons. The van der Waals surface area contributed by atoms with Crippen molar-refractivity contribution in [1.82, 2.24) is 4.98 Å². The van der Waals surface area contributed by atoms with Crippen LogP contribution in [0.2, 0.25) is 0 Å². The van der Waals surface area contributed by atoms with Crippen molar-refractivity contribution in [3.63, 3.8) is 0 Å². The number of Topliss-reactive ketones (excluding diaryl/α,β-unsaturated/α-hetero) is 1. The molecular weight excluding hydrogens is 314 g/mol. The maximum Gasteiger partial charge on any atom is 0.173 e. The van der Waals surface area contributed by atoms with E-state index < -0.39 is 5.54 Å². The largest absolute Gasteiger partial charge is 0.380 e. The highest BCUT2D eigenvalue weighted by Gasteiger charge is 2.19. The van der Waals surface area contributed by atoms with Crippen LogP contribution in [-0.2, 0) is 4.79 Å². The molecule has 1 aromatic rings. The van der Waals surface area contributed by atoms with Crippen molar-refractivity contribution in [3.05, 3.63) is 41.6 Å². The van der Waals surface area contributed by atoms with E-state index in [0.29, 0.717) is 30.2 Å². The number of aromatic nitrogens is 1. The Hall–Kier alpha value is -2.60. The topological polar surface area (TPSA) is 104 Å². The highest BCUT2D eigenvalue weighted by molar-refractivity contribution is 6.38. The van der Waals surface area contributed by atoms with Crippen LogP contribution in [0.1, 0.15) is 32.8 Å². The van der Waals surface area contributed by atoms with E-state index in [4.69, 9.17) is 11.1 Å². The summed E-state index contributed by atoms with van der Waals surface area (Å²) in [5.74, 6) is 0.483. The Morgan fingerprint density at radius 1 is 1.48 bits per heavy atom. The Morgan fingerprint density at radius 3 is 2.84 bits per heavy atom. The van der Waals surface area contributed by atoms with Gasteiger partial charge in [0.1, 0.15) is 0 Å². The van der Waals surface area contributed by atoms with Gasteiger partial charge < -0.3 is 16.5 Å². The first kappa shape index (κ1) is 18.7. The van der Waals surface area contributed by atoms with Crippen LogP contribution in [0, 0.1) is 12.3 Å². The van der Waals surface area contributed by atoms with Gasteiger partial charge in [-0.2, -0.15) is 0 Å². The van der Waals surface area contributed by atoms with Gasteiger partial charge in [0.2, 0.25) is 0 Å². The van der Waals surface area contributed by atoms with Crippen LogP contribution in [0.4, 0.5) is 11.5 Å². The first-order chi connectivity index (χ1) is 11.7. The number of aliphatic imine (C=N–C) groups is 1. The summed E-state index contributed by atoms with van der Waals surface area (Å²) in [6, 6.07) is 1.95. The number of carbonyl (C=O) groups is 1. The molecule has 6 heteroatoms. The van der Waals surface area contributed by atoms with Gasteiger partial charge in [-0.15, -0.1) is 0 Å². The van der Waals surface area contributed by atoms with Gasteiger partial charge in [-0.05, 0) is 56.5 Å². The number of aryl methyl sites for hydroxylation is 1. The second-order valence-electron chi connectivity index (χ2n) is 6.75. The summed E-state index contributed by atoms with van der Waals surface area (Å²) in [7, 11) is 0. The molecule has 1 heterocycles. The molecule has 0 spiro atoms. The number of pyridine rings is 1. The normalized spacial score (nSPS) is 20.9. The first-order valence-electron chi connectivity index (χ1n) is 8.19. The second kappa shape index (κ2) is 7.53. The maximum absolute atomic E-state index is 11.3. The average molecular weight is 339 g/mol. The fourth-order valence-corrected chi connectivity index (χ4v) is 2.50. The highest BCUT2D eigenvalue weighted by Crippen LogP contribution is 2.22. The number of carbonyl (C=O) groups excluding carboxylic acids is 1. The van der Waals surface area contributed by atoms with E-state index in [1.807, 2.05) is 32.1 Å². The summed E-state index contributed by atoms with van der Waals surface area (Å²) in [6.45, 7) is 7.62. The number of anilines is 1. The van der Waals surface area contributed by atoms with Crippen molar-refractivity contribution in [2.75, 3.05) is 11.9 Å². The summed E-state index contributed by atoms with van der Waals surface area (Å²) >= 11 is 0. The van der Waals surface area contributed by atoms with Crippen molar-refractivity contribution in [3.8, 4) is 0 Å². The molecule has 1 aliphatic carbocycles. The molecule has 0 saturated heterocycles. The third-order valence-electron chi connectivity index (χ3n) is 3.96. The molecule has 25 heavy (non-hydrogen) atoms. The Morgan fingerprint density at radius 2 is 2.20 bits per heavy atom. The minimum absolute atomic E-state index is 0.0652. The van der Waals surface area contributed by atoms with Crippen molar-refractivity contribution >= 4 is 28.7 Å². The van der Waals surface area contributed by atoms with Crippen LogP contribution in [0.25, 0.3) is 0 Å². The zero-order valence-electron chi connectivity index (χ0n) is 15.2. The number of nitrogens with one attached hydrogen (secondary N) is 2. The van der Waals surface area contributed by atoms with Crippen LogP contribution in [0.5, 0.6) is 0 Å². The minimum Gasteiger partial charge on any atom is -0.380 e. The molecule has 1 atom stereocenters. The predicted molar refractivity (Wildman–Crippen MR) is 103 cm³/mol. The molecule has 1 aliphatic rings. The number of ketones is 1. The number of hydrogen-bond acceptors (Lipinski definition) is 6. The molecule has 0 radical (unpaired) electrons. The van der Waals surface area contributed by atoms with Gasteiger partial charge in [0.15, 0.2) is 11.6 Å². The molecule has 0 saturated carbocycles. The maximum atomic E-state index is 11.3. The third-order valence-corrected chi connectivity index (χ3v) is 3.96. The lowest BCUT2D eigenvalue weighted by molar-refractivity contribution is -0.111. The van der Waals surface area contributed by atoms with E-state index in [9.17, 15) is 4.79 Å². The highest BCUT2D eigenvalue weighted by atomic mass is 16.1. The van der Waals surface area contributed by atoms with Gasteiger partial charge in [-0.25, -0.2) is 9.98 Å². The summed E-state index contributed by atoms with van der Waals surface area (Å²) in [4.78, 5) is 19.9. The van der Waals surface area contributed by atoms with Crippen molar-refractivity contribution in [2.45, 2.75) is 39.7 Å². The molecule has 1 unspecified atom stereocenters. The van der Waals surface area contributed by atoms with Gasteiger partial charge in [0, 0.05) is 19.0 Å². The van der Waals surface area contributed by atoms with Gasteiger partial charge in [-0.3, -0.25) is 4.79 Å². The fraction of sp³-hybridized carbons (Fsp3) is 0.368. The molecule has 0 aromatic carbocycles. The zero-order valence-corrected chi connectivity index (χ0v) is 15.2. The Labute approximate surface area is 148 Å². The van der Waals surface area contributed by atoms with Crippen LogP contribution >= 0.6 is 0 Å². The van der Waals surface area contributed by atoms with Gasteiger partial charge in [-0.1, -0.05) is 6.08 Å². The van der Waals surface area contributed by atoms with Crippen LogP contribution in [0.15, 0.2) is 41.1 Å². The number of allylic oxidation sites excluding steroid dienone is 2. The number of nitrogens with two attached hydrogens (primary N) is 1. The predicted octanol–water partition coefficient (Wildman–Crippen LogP) is 3.11. The Kier molecular flexibility index (Phi) is 5.64. The molecular formula is C19H25N5O. The van der Waals surface area contributed by atoms with Crippen molar-refractivity contribution in [2.24, 2.45) is 10.7 Å². The quantitative estimate of drug-likeness (QED) is 0.717. The standard InChI is InChI=1S/C19H25N5O/c1-12-7-17(11-23-18(12)24-13(2)14(3)25)22-10-15-8-16(20)5-6-19(4,21)9-15/h5-8,11,20,22H,9-10,21H2,1-4H3. The van der Waals surface area contributed by atoms with Crippen molar-refractivity contribution in [1.29, 1.82) is 5.41 Å². The molecule has 0 amide bonds. The monoisotopic (exact) mass is 339 g/mol. The van der Waals surface area contributed by atoms with E-state index in [1.54, 1.807) is 19.2 Å². The zero-order chi connectivity index (χ0) is 18.6. The van der Waals surface area contributed by atoms with E-state index >= 15 is 0 Å². The average Bonchev–Trinajstić information content (AvgIpc) is 2.65. The van der Waals surface area contributed by atoms with Gasteiger partial charge >= 0.3 is 0 Å². The number of nitrogens with zero attached hydrogens (tertiary/aromatic N) is 2. The van der Waals surface area contributed by atoms with Gasteiger partial charge in [0.25, 0.3) is 0 Å². The summed E-state index contributed by atoms with van der Waals surface area (Å²) < 4.78 is 0. The van der Waals surface area contributed by atoms with Gasteiger partial charge in [0.05, 0.1) is 23.3 Å². The van der Waals surface area contributed by atoms with E-state index in [1.165, 1.54) is 6.92 Å². The molecule has 1 aromatic heterocycles. The molecule has 0 bridgehead atoms.